The van der Waals surface area contributed by atoms with Crippen molar-refractivity contribution < 1.29 is 0 Å². The highest BCUT2D eigenvalue weighted by Crippen LogP contribution is 2.32. The summed E-state index contributed by atoms with van der Waals surface area (Å²) in [6.45, 7) is 2.05. The number of nitriles is 1. The summed E-state index contributed by atoms with van der Waals surface area (Å²) in [6, 6.07) is 6.05. The molecule has 0 unspecified atom stereocenters. The molecule has 0 amide bonds. The maximum atomic E-state index is 8.98. The normalized spacial score (nSPS) is 10.4. The van der Waals surface area contributed by atoms with E-state index < -0.39 is 0 Å². The fourth-order valence-electron chi connectivity index (χ4n) is 1.54. The predicted octanol–water partition coefficient (Wildman–Crippen LogP) is 3.82. The van der Waals surface area contributed by atoms with E-state index in [9.17, 15) is 0 Å². The van der Waals surface area contributed by atoms with Gasteiger partial charge in [0.1, 0.15) is 0 Å². The van der Waals surface area contributed by atoms with Crippen molar-refractivity contribution in [2.45, 2.75) is 12.8 Å². The summed E-state index contributed by atoms with van der Waals surface area (Å²) >= 11 is 7.48. The van der Waals surface area contributed by atoms with Crippen LogP contribution in [-0.4, -0.2) is 0 Å². The quantitative estimate of drug-likeness (QED) is 0.672. The lowest BCUT2D eigenvalue weighted by atomic mass is 10.1. The third-order valence-corrected chi connectivity index (χ3v) is 3.71. The molecule has 0 aliphatic carbocycles. The zero-order valence-electron chi connectivity index (χ0n) is 7.67. The average Bonchev–Trinajstić information content (AvgIpc) is 2.63. The van der Waals surface area contributed by atoms with Crippen LogP contribution in [0.15, 0.2) is 17.5 Å². The molecule has 1 heterocycles. The van der Waals surface area contributed by atoms with E-state index in [0.29, 0.717) is 5.88 Å². The van der Waals surface area contributed by atoms with Crippen molar-refractivity contribution >= 4 is 33.0 Å². The number of aryl methyl sites for hydroxylation is 1. The van der Waals surface area contributed by atoms with E-state index in [-0.39, 0.29) is 0 Å². The molecule has 1 nitrogen and oxygen atoms in total. The number of benzene rings is 1. The van der Waals surface area contributed by atoms with Crippen LogP contribution in [0.5, 0.6) is 0 Å². The van der Waals surface area contributed by atoms with E-state index in [1.807, 2.05) is 17.5 Å². The molecule has 2 aromatic rings. The zero-order chi connectivity index (χ0) is 10.1. The molecule has 0 N–H and O–H groups in total. The summed E-state index contributed by atoms with van der Waals surface area (Å²) in [4.78, 5) is 0. The lowest BCUT2D eigenvalue weighted by Gasteiger charge is -1.99. The van der Waals surface area contributed by atoms with Gasteiger partial charge in [0.2, 0.25) is 0 Å². The molecule has 0 spiro atoms. The van der Waals surface area contributed by atoms with E-state index >= 15 is 0 Å². The molecule has 14 heavy (non-hydrogen) atoms. The van der Waals surface area contributed by atoms with E-state index in [4.69, 9.17) is 16.9 Å². The Morgan fingerprint density at radius 2 is 2.29 bits per heavy atom. The summed E-state index contributed by atoms with van der Waals surface area (Å²) < 4.78 is 1.18. The van der Waals surface area contributed by atoms with Gasteiger partial charge in [0.15, 0.2) is 0 Å². The van der Waals surface area contributed by atoms with E-state index in [1.165, 1.54) is 10.3 Å². The lowest BCUT2D eigenvalue weighted by molar-refractivity contribution is 1.45. The Kier molecular flexibility index (Phi) is 2.45. The monoisotopic (exact) mass is 221 g/mol. The molecule has 0 saturated heterocycles. The number of hydrogen-bond acceptors (Lipinski definition) is 2. The van der Waals surface area contributed by atoms with Gasteiger partial charge in [-0.1, -0.05) is 6.07 Å². The molecular weight excluding hydrogens is 214 g/mol. The van der Waals surface area contributed by atoms with Gasteiger partial charge in [0.25, 0.3) is 0 Å². The molecule has 0 saturated carbocycles. The maximum absolute atomic E-state index is 8.98. The van der Waals surface area contributed by atoms with Gasteiger partial charge < -0.3 is 0 Å². The summed E-state index contributed by atoms with van der Waals surface area (Å²) in [6.07, 6.45) is 0. The number of fused-ring (bicyclic) bond motifs is 1. The van der Waals surface area contributed by atoms with Gasteiger partial charge in [0.05, 0.1) is 11.6 Å². The number of rotatable bonds is 1. The van der Waals surface area contributed by atoms with Gasteiger partial charge in [-0.05, 0) is 29.5 Å². The van der Waals surface area contributed by atoms with E-state index in [1.54, 1.807) is 11.3 Å². The van der Waals surface area contributed by atoms with Crippen LogP contribution in [-0.2, 0) is 5.88 Å². The molecule has 0 atom stereocenters. The minimum absolute atomic E-state index is 0.470. The molecular formula is C11H8ClNS. The van der Waals surface area contributed by atoms with E-state index in [2.05, 4.69) is 13.0 Å². The third kappa shape index (κ3) is 1.30. The smallest absolute Gasteiger partial charge is 0.0998 e. The standard InChI is InChI=1S/C11H8ClNS/c1-7-2-3-8(5-13)10-9(4-12)6-14-11(7)10/h2-3,6H,4H2,1H3. The van der Waals surface area contributed by atoms with E-state index in [0.717, 1.165) is 16.5 Å². The first-order chi connectivity index (χ1) is 6.77. The van der Waals surface area contributed by atoms with Crippen LogP contribution in [0.1, 0.15) is 16.7 Å². The fraction of sp³-hybridized carbons (Fsp3) is 0.182. The Bertz CT molecular complexity index is 522. The minimum atomic E-state index is 0.470. The van der Waals surface area contributed by atoms with Crippen LogP contribution in [0.2, 0.25) is 0 Å². The SMILES string of the molecule is Cc1ccc(C#N)c2c(CCl)csc12. The molecule has 0 aliphatic heterocycles. The van der Waals surface area contributed by atoms with Crippen LogP contribution in [0.25, 0.3) is 10.1 Å². The van der Waals surface area contributed by atoms with Crippen molar-refractivity contribution in [3.63, 3.8) is 0 Å². The Morgan fingerprint density at radius 1 is 1.50 bits per heavy atom. The fourth-order valence-corrected chi connectivity index (χ4v) is 2.91. The van der Waals surface area contributed by atoms with Crippen LogP contribution < -0.4 is 0 Å². The van der Waals surface area contributed by atoms with Crippen LogP contribution in [0, 0.1) is 18.3 Å². The van der Waals surface area contributed by atoms with Crippen LogP contribution >= 0.6 is 22.9 Å². The average molecular weight is 222 g/mol. The van der Waals surface area contributed by atoms with Crippen molar-refractivity contribution in [3.05, 3.63) is 34.2 Å². The predicted molar refractivity (Wildman–Crippen MR) is 60.8 cm³/mol. The maximum Gasteiger partial charge on any atom is 0.0998 e. The van der Waals surface area contributed by atoms with Crippen molar-refractivity contribution in [3.8, 4) is 6.07 Å². The number of halogens is 1. The number of nitrogens with zero attached hydrogens (tertiary/aromatic N) is 1. The van der Waals surface area contributed by atoms with Gasteiger partial charge >= 0.3 is 0 Å². The molecule has 2 rings (SSSR count). The van der Waals surface area contributed by atoms with Crippen molar-refractivity contribution in [2.24, 2.45) is 0 Å². The van der Waals surface area contributed by atoms with Gasteiger partial charge in [-0.2, -0.15) is 5.26 Å². The first-order valence-corrected chi connectivity index (χ1v) is 5.65. The van der Waals surface area contributed by atoms with Crippen molar-refractivity contribution in [1.29, 1.82) is 5.26 Å². The third-order valence-electron chi connectivity index (χ3n) is 2.26. The molecule has 0 fully saturated rings. The lowest BCUT2D eigenvalue weighted by Crippen LogP contribution is -1.82. The highest BCUT2D eigenvalue weighted by molar-refractivity contribution is 7.17. The highest BCUT2D eigenvalue weighted by Gasteiger charge is 2.09. The Morgan fingerprint density at radius 3 is 2.93 bits per heavy atom. The molecule has 1 aromatic carbocycles. The number of alkyl halides is 1. The molecule has 0 radical (unpaired) electrons. The largest absolute Gasteiger partial charge is 0.192 e. The molecule has 70 valence electrons. The Labute approximate surface area is 91.5 Å². The topological polar surface area (TPSA) is 23.8 Å². The van der Waals surface area contributed by atoms with Crippen molar-refractivity contribution in [2.75, 3.05) is 0 Å². The summed E-state index contributed by atoms with van der Waals surface area (Å²) in [7, 11) is 0. The van der Waals surface area contributed by atoms with Crippen LogP contribution in [0.3, 0.4) is 0 Å². The van der Waals surface area contributed by atoms with Crippen molar-refractivity contribution in [1.82, 2.24) is 0 Å². The molecule has 0 aliphatic rings. The molecule has 3 heteroatoms. The highest BCUT2D eigenvalue weighted by atomic mass is 35.5. The second-order valence-corrected chi connectivity index (χ2v) is 4.29. The number of thiophene rings is 1. The summed E-state index contributed by atoms with van der Waals surface area (Å²) in [5, 5.41) is 12.0. The first kappa shape index (κ1) is 9.51. The van der Waals surface area contributed by atoms with Crippen LogP contribution in [0.4, 0.5) is 0 Å². The second-order valence-electron chi connectivity index (χ2n) is 3.14. The second kappa shape index (κ2) is 3.61. The molecule has 0 bridgehead atoms. The Hall–Kier alpha value is -1.04. The Balaban J connectivity index is 2.90. The molecule has 1 aromatic heterocycles. The first-order valence-electron chi connectivity index (χ1n) is 4.23. The van der Waals surface area contributed by atoms with Gasteiger partial charge in [-0.3, -0.25) is 0 Å². The summed E-state index contributed by atoms with van der Waals surface area (Å²) in [5.41, 5.74) is 3.00. The van der Waals surface area contributed by atoms with Gasteiger partial charge in [0, 0.05) is 16.0 Å². The summed E-state index contributed by atoms with van der Waals surface area (Å²) in [5.74, 6) is 0.470. The minimum Gasteiger partial charge on any atom is -0.192 e. The number of hydrogen-bond donors (Lipinski definition) is 0. The van der Waals surface area contributed by atoms with Gasteiger partial charge in [-0.25, -0.2) is 0 Å². The van der Waals surface area contributed by atoms with Gasteiger partial charge in [-0.15, -0.1) is 22.9 Å². The zero-order valence-corrected chi connectivity index (χ0v) is 9.25.